The lowest BCUT2D eigenvalue weighted by Gasteiger charge is -2.29. The standard InChI is InChI=1S/C19H32NO/c1-4-16-20(2,3)17-10-6-9-13-19(21)15-14-18-11-7-5-8-12-18/h5,7-8,11-12H,4,6,9-10,13-17H2,1-3H3/q+1. The maximum atomic E-state index is 11.9. The van der Waals surface area contributed by atoms with Crippen LogP contribution in [0.4, 0.5) is 0 Å². The molecule has 0 saturated carbocycles. The summed E-state index contributed by atoms with van der Waals surface area (Å²) in [5.41, 5.74) is 1.27. The highest BCUT2D eigenvalue weighted by Crippen LogP contribution is 2.09. The fourth-order valence-electron chi connectivity index (χ4n) is 2.81. The van der Waals surface area contributed by atoms with Crippen molar-refractivity contribution in [1.29, 1.82) is 0 Å². The molecule has 0 atom stereocenters. The van der Waals surface area contributed by atoms with E-state index in [2.05, 4.69) is 33.2 Å². The van der Waals surface area contributed by atoms with Gasteiger partial charge in [0.05, 0.1) is 27.2 Å². The number of benzene rings is 1. The molecular formula is C19H32NO+. The van der Waals surface area contributed by atoms with Crippen molar-refractivity contribution in [3.63, 3.8) is 0 Å². The molecule has 0 aliphatic heterocycles. The second-order valence-electron chi connectivity index (χ2n) is 6.72. The van der Waals surface area contributed by atoms with Crippen LogP contribution < -0.4 is 0 Å². The van der Waals surface area contributed by atoms with E-state index in [0.717, 1.165) is 23.7 Å². The molecule has 1 aromatic carbocycles. The highest BCUT2D eigenvalue weighted by molar-refractivity contribution is 5.78. The fourth-order valence-corrected chi connectivity index (χ4v) is 2.81. The summed E-state index contributed by atoms with van der Waals surface area (Å²) < 4.78 is 1.11. The van der Waals surface area contributed by atoms with Gasteiger partial charge in [0.25, 0.3) is 0 Å². The molecule has 2 heteroatoms. The first-order valence-electron chi connectivity index (χ1n) is 8.41. The molecule has 0 radical (unpaired) electrons. The predicted molar refractivity (Wildman–Crippen MR) is 90.4 cm³/mol. The lowest BCUT2D eigenvalue weighted by atomic mass is 10.0. The number of ketones is 1. The summed E-state index contributed by atoms with van der Waals surface area (Å²) in [5, 5.41) is 0. The lowest BCUT2D eigenvalue weighted by molar-refractivity contribution is -0.890. The molecule has 21 heavy (non-hydrogen) atoms. The summed E-state index contributed by atoms with van der Waals surface area (Å²) in [4.78, 5) is 11.9. The average molecular weight is 290 g/mol. The summed E-state index contributed by atoms with van der Waals surface area (Å²) in [7, 11) is 4.60. The van der Waals surface area contributed by atoms with Gasteiger partial charge in [-0.25, -0.2) is 0 Å². The van der Waals surface area contributed by atoms with Gasteiger partial charge in [-0.2, -0.15) is 0 Å². The van der Waals surface area contributed by atoms with E-state index in [4.69, 9.17) is 0 Å². The van der Waals surface area contributed by atoms with Crippen molar-refractivity contribution in [3.05, 3.63) is 35.9 Å². The smallest absolute Gasteiger partial charge is 0.133 e. The summed E-state index contributed by atoms with van der Waals surface area (Å²) in [6.45, 7) is 4.72. The third-order valence-electron chi connectivity index (χ3n) is 4.08. The number of unbranched alkanes of at least 4 members (excludes halogenated alkanes) is 2. The first kappa shape index (κ1) is 17.9. The summed E-state index contributed by atoms with van der Waals surface area (Å²) in [5.74, 6) is 0.418. The molecule has 0 N–H and O–H groups in total. The van der Waals surface area contributed by atoms with Gasteiger partial charge in [-0.3, -0.25) is 4.79 Å². The van der Waals surface area contributed by atoms with E-state index in [0.29, 0.717) is 12.2 Å². The van der Waals surface area contributed by atoms with Crippen LogP contribution >= 0.6 is 0 Å². The van der Waals surface area contributed by atoms with Crippen LogP contribution in [-0.4, -0.2) is 37.5 Å². The van der Waals surface area contributed by atoms with Gasteiger partial charge in [0.15, 0.2) is 0 Å². The maximum absolute atomic E-state index is 11.9. The number of Topliss-reactive ketones (excluding diaryl/α,β-unsaturated/α-hetero) is 1. The van der Waals surface area contributed by atoms with E-state index >= 15 is 0 Å². The molecule has 0 bridgehead atoms. The van der Waals surface area contributed by atoms with Crippen molar-refractivity contribution in [2.45, 2.75) is 51.9 Å². The third-order valence-corrected chi connectivity index (χ3v) is 4.08. The number of hydrogen-bond donors (Lipinski definition) is 0. The molecule has 118 valence electrons. The minimum atomic E-state index is 0.418. The van der Waals surface area contributed by atoms with Crippen LogP contribution in [0, 0.1) is 0 Å². The minimum Gasteiger partial charge on any atom is -0.328 e. The molecule has 1 aromatic rings. The van der Waals surface area contributed by atoms with Crippen LogP contribution in [0.1, 0.15) is 51.0 Å². The normalized spacial score (nSPS) is 11.6. The molecule has 0 spiro atoms. The first-order valence-corrected chi connectivity index (χ1v) is 8.41. The fraction of sp³-hybridized carbons (Fsp3) is 0.632. The van der Waals surface area contributed by atoms with Gasteiger partial charge >= 0.3 is 0 Å². The monoisotopic (exact) mass is 290 g/mol. The number of nitrogens with zero attached hydrogens (tertiary/aromatic N) is 1. The van der Waals surface area contributed by atoms with E-state index in [1.54, 1.807) is 0 Å². The van der Waals surface area contributed by atoms with Gasteiger partial charge in [0.1, 0.15) is 5.78 Å². The van der Waals surface area contributed by atoms with Crippen molar-refractivity contribution in [1.82, 2.24) is 0 Å². The van der Waals surface area contributed by atoms with Crippen molar-refractivity contribution in [2.24, 2.45) is 0 Å². The Balaban J connectivity index is 2.06. The number of carbonyl (C=O) groups excluding carboxylic acids is 1. The number of rotatable bonds is 11. The van der Waals surface area contributed by atoms with Gasteiger partial charge < -0.3 is 4.48 Å². The zero-order valence-electron chi connectivity index (χ0n) is 14.1. The van der Waals surface area contributed by atoms with Crippen LogP contribution in [0.5, 0.6) is 0 Å². The zero-order valence-corrected chi connectivity index (χ0v) is 14.1. The third kappa shape index (κ3) is 8.67. The molecule has 0 aliphatic rings. The van der Waals surface area contributed by atoms with Crippen LogP contribution in [0.15, 0.2) is 30.3 Å². The summed E-state index contributed by atoms with van der Waals surface area (Å²) in [6, 6.07) is 10.3. The van der Waals surface area contributed by atoms with Crippen molar-refractivity contribution in [3.8, 4) is 0 Å². The quantitative estimate of drug-likeness (QED) is 0.440. The first-order chi connectivity index (χ1) is 10.0. The molecule has 0 fully saturated rings. The number of aryl methyl sites for hydroxylation is 1. The van der Waals surface area contributed by atoms with Gasteiger partial charge in [0, 0.05) is 12.8 Å². The van der Waals surface area contributed by atoms with Crippen LogP contribution in [0.3, 0.4) is 0 Å². The molecule has 0 saturated heterocycles. The molecular weight excluding hydrogens is 258 g/mol. The van der Waals surface area contributed by atoms with Crippen LogP contribution in [0.25, 0.3) is 0 Å². The number of hydrogen-bond acceptors (Lipinski definition) is 1. The Hall–Kier alpha value is -1.15. The van der Waals surface area contributed by atoms with Gasteiger partial charge in [0.2, 0.25) is 0 Å². The molecule has 0 unspecified atom stereocenters. The average Bonchev–Trinajstić information content (AvgIpc) is 2.45. The van der Waals surface area contributed by atoms with E-state index in [-0.39, 0.29) is 0 Å². The molecule has 0 aliphatic carbocycles. The minimum absolute atomic E-state index is 0.418. The second kappa shape index (κ2) is 9.73. The molecule has 1 rings (SSSR count). The van der Waals surface area contributed by atoms with Crippen LogP contribution in [-0.2, 0) is 11.2 Å². The van der Waals surface area contributed by atoms with Crippen molar-refractivity contribution >= 4 is 5.78 Å². The van der Waals surface area contributed by atoms with Gasteiger partial charge in [-0.15, -0.1) is 0 Å². The Bertz CT molecular complexity index is 397. The van der Waals surface area contributed by atoms with Crippen molar-refractivity contribution in [2.75, 3.05) is 27.2 Å². The Morgan fingerprint density at radius 2 is 1.67 bits per heavy atom. The highest BCUT2D eigenvalue weighted by Gasteiger charge is 2.12. The highest BCUT2D eigenvalue weighted by atomic mass is 16.1. The molecule has 0 aromatic heterocycles. The molecule has 0 amide bonds. The van der Waals surface area contributed by atoms with E-state index in [1.165, 1.54) is 37.9 Å². The largest absolute Gasteiger partial charge is 0.328 e. The topological polar surface area (TPSA) is 17.1 Å². The van der Waals surface area contributed by atoms with E-state index < -0.39 is 0 Å². The summed E-state index contributed by atoms with van der Waals surface area (Å²) in [6.07, 6.45) is 7.06. The second-order valence-corrected chi connectivity index (χ2v) is 6.72. The number of carbonyl (C=O) groups is 1. The Labute approximate surface area is 130 Å². The van der Waals surface area contributed by atoms with Gasteiger partial charge in [-0.1, -0.05) is 37.3 Å². The zero-order chi connectivity index (χ0) is 15.6. The Morgan fingerprint density at radius 3 is 2.33 bits per heavy atom. The summed E-state index contributed by atoms with van der Waals surface area (Å²) >= 11 is 0. The maximum Gasteiger partial charge on any atom is 0.133 e. The van der Waals surface area contributed by atoms with E-state index in [9.17, 15) is 4.79 Å². The number of quaternary nitrogens is 1. The van der Waals surface area contributed by atoms with E-state index in [1.807, 2.05) is 18.2 Å². The Morgan fingerprint density at radius 1 is 0.952 bits per heavy atom. The predicted octanol–water partition coefficient (Wildman–Crippen LogP) is 4.24. The van der Waals surface area contributed by atoms with Gasteiger partial charge in [-0.05, 0) is 37.7 Å². The molecule has 0 heterocycles. The Kier molecular flexibility index (Phi) is 8.29. The lowest BCUT2D eigenvalue weighted by Crippen LogP contribution is -2.40. The SMILES string of the molecule is CCC[N+](C)(C)CCCCCC(=O)CCc1ccccc1. The molecule has 2 nitrogen and oxygen atoms in total. The van der Waals surface area contributed by atoms with Crippen LogP contribution in [0.2, 0.25) is 0 Å². The van der Waals surface area contributed by atoms with Crippen molar-refractivity contribution < 1.29 is 9.28 Å².